The second kappa shape index (κ2) is 7.37. The van der Waals surface area contributed by atoms with E-state index in [1.54, 1.807) is 12.1 Å². The van der Waals surface area contributed by atoms with E-state index in [0.717, 1.165) is 12.8 Å². The summed E-state index contributed by atoms with van der Waals surface area (Å²) in [5.74, 6) is 0.311. The highest BCUT2D eigenvalue weighted by atomic mass is 79.9. The first-order valence-corrected chi connectivity index (χ1v) is 9.43. The summed E-state index contributed by atoms with van der Waals surface area (Å²) in [6.45, 7) is 2.26. The topological polar surface area (TPSA) is 59.3 Å². The van der Waals surface area contributed by atoms with Gasteiger partial charge in [-0.05, 0) is 66.2 Å². The van der Waals surface area contributed by atoms with Gasteiger partial charge < -0.3 is 9.47 Å². The number of hydrogen-bond donors (Lipinski definition) is 0. The van der Waals surface area contributed by atoms with Crippen molar-refractivity contribution in [1.29, 1.82) is 5.26 Å². The maximum atomic E-state index is 12.5. The average molecular weight is 406 g/mol. The van der Waals surface area contributed by atoms with Crippen molar-refractivity contribution >= 4 is 33.2 Å². The Morgan fingerprint density at radius 1 is 1.33 bits per heavy atom. The number of hydrogen-bond acceptors (Lipinski definition) is 5. The monoisotopic (exact) mass is 405 g/mol. The van der Waals surface area contributed by atoms with Crippen LogP contribution in [0.1, 0.15) is 45.4 Å². The van der Waals surface area contributed by atoms with E-state index in [9.17, 15) is 4.79 Å². The molecule has 1 aromatic carbocycles. The van der Waals surface area contributed by atoms with Gasteiger partial charge in [0.2, 0.25) is 0 Å². The number of carbonyl (C=O) groups is 1. The minimum absolute atomic E-state index is 0.312. The smallest absolute Gasteiger partial charge is 0.353 e. The van der Waals surface area contributed by atoms with Crippen LogP contribution in [0, 0.1) is 11.3 Å². The Kier molecular flexibility index (Phi) is 5.22. The number of aryl methyl sites for hydroxylation is 2. The molecule has 0 saturated heterocycles. The van der Waals surface area contributed by atoms with E-state index in [0.29, 0.717) is 33.0 Å². The normalized spacial score (nSPS) is 13.0. The Labute approximate surface area is 153 Å². The summed E-state index contributed by atoms with van der Waals surface area (Å²) in [6, 6.07) is 7.20. The lowest BCUT2D eigenvalue weighted by Crippen LogP contribution is -2.09. The van der Waals surface area contributed by atoms with Crippen molar-refractivity contribution in [2.45, 2.75) is 32.6 Å². The molecule has 0 saturated carbocycles. The van der Waals surface area contributed by atoms with Crippen LogP contribution in [0.2, 0.25) is 0 Å². The molecule has 3 rings (SSSR count). The van der Waals surface area contributed by atoms with E-state index in [2.05, 4.69) is 22.0 Å². The van der Waals surface area contributed by atoms with Crippen molar-refractivity contribution in [2.75, 3.05) is 6.61 Å². The zero-order valence-electron chi connectivity index (χ0n) is 13.2. The van der Waals surface area contributed by atoms with Gasteiger partial charge in [0.25, 0.3) is 0 Å². The molecule has 0 amide bonds. The minimum atomic E-state index is -0.388. The second-order valence-electron chi connectivity index (χ2n) is 5.49. The maximum absolute atomic E-state index is 12.5. The molecule has 24 heavy (non-hydrogen) atoms. The molecule has 0 N–H and O–H groups in total. The summed E-state index contributed by atoms with van der Waals surface area (Å²) >= 11 is 4.87. The van der Waals surface area contributed by atoms with Crippen molar-refractivity contribution in [1.82, 2.24) is 0 Å². The van der Waals surface area contributed by atoms with Crippen LogP contribution in [0.4, 0.5) is 0 Å². The second-order valence-corrected chi connectivity index (χ2v) is 7.48. The van der Waals surface area contributed by atoms with E-state index < -0.39 is 0 Å². The number of ether oxygens (including phenoxy) is 2. The fourth-order valence-corrected chi connectivity index (χ4v) is 4.38. The molecule has 6 heteroatoms. The predicted octanol–water partition coefficient (Wildman–Crippen LogP) is 4.88. The molecule has 0 unspecified atom stereocenters. The number of benzene rings is 1. The Morgan fingerprint density at radius 2 is 2.12 bits per heavy atom. The Balaban J connectivity index is 1.88. The van der Waals surface area contributed by atoms with Gasteiger partial charge >= 0.3 is 5.97 Å². The first kappa shape index (κ1) is 17.0. The van der Waals surface area contributed by atoms with Gasteiger partial charge in [-0.1, -0.05) is 0 Å². The van der Waals surface area contributed by atoms with Crippen LogP contribution in [0.5, 0.6) is 11.5 Å². The third-order valence-corrected chi connectivity index (χ3v) is 5.64. The van der Waals surface area contributed by atoms with Crippen LogP contribution in [0.15, 0.2) is 22.7 Å². The number of esters is 1. The van der Waals surface area contributed by atoms with Crippen LogP contribution >= 0.6 is 27.3 Å². The average Bonchev–Trinajstić information content (AvgIpc) is 3.02. The van der Waals surface area contributed by atoms with Crippen molar-refractivity contribution in [3.8, 4) is 17.6 Å². The molecule has 0 fully saturated rings. The molecule has 124 valence electrons. The summed E-state index contributed by atoms with van der Waals surface area (Å²) in [6.07, 6.45) is 4.42. The molecule has 2 aromatic rings. The number of rotatable bonds is 4. The van der Waals surface area contributed by atoms with Crippen LogP contribution in [-0.4, -0.2) is 12.6 Å². The molecule has 4 nitrogen and oxygen atoms in total. The highest BCUT2D eigenvalue weighted by Gasteiger charge is 2.21. The standard InChI is InChI=1S/C18H16BrNO3S/c1-2-22-14-8-11(10-20)7-13(19)17(14)23-18(21)16-9-12-5-3-4-6-15(12)24-16/h7-9H,2-6H2,1H3. The molecule has 0 spiro atoms. The number of fused-ring (bicyclic) bond motifs is 1. The third-order valence-electron chi connectivity index (χ3n) is 3.83. The lowest BCUT2D eigenvalue weighted by Gasteiger charge is -2.12. The first-order chi connectivity index (χ1) is 11.6. The molecule has 1 aliphatic rings. The van der Waals surface area contributed by atoms with E-state index in [-0.39, 0.29) is 5.97 Å². The van der Waals surface area contributed by atoms with E-state index in [4.69, 9.17) is 14.7 Å². The quantitative estimate of drug-likeness (QED) is 0.537. The molecule has 1 heterocycles. The number of carbonyl (C=O) groups excluding carboxylic acids is 1. The summed E-state index contributed by atoms with van der Waals surface area (Å²) < 4.78 is 11.6. The Morgan fingerprint density at radius 3 is 2.83 bits per heavy atom. The maximum Gasteiger partial charge on any atom is 0.353 e. The zero-order valence-corrected chi connectivity index (χ0v) is 15.6. The van der Waals surface area contributed by atoms with Gasteiger partial charge in [0.1, 0.15) is 4.88 Å². The van der Waals surface area contributed by atoms with Gasteiger partial charge in [0.15, 0.2) is 11.5 Å². The minimum Gasteiger partial charge on any atom is -0.490 e. The predicted molar refractivity (Wildman–Crippen MR) is 95.9 cm³/mol. The third kappa shape index (κ3) is 3.47. The van der Waals surface area contributed by atoms with Crippen LogP contribution < -0.4 is 9.47 Å². The van der Waals surface area contributed by atoms with Gasteiger partial charge in [-0.3, -0.25) is 0 Å². The molecular formula is C18H16BrNO3S. The fourth-order valence-electron chi connectivity index (χ4n) is 2.73. The van der Waals surface area contributed by atoms with E-state index in [1.165, 1.54) is 34.6 Å². The van der Waals surface area contributed by atoms with Gasteiger partial charge in [-0.15, -0.1) is 11.3 Å². The van der Waals surface area contributed by atoms with Gasteiger partial charge in [0, 0.05) is 10.9 Å². The van der Waals surface area contributed by atoms with Gasteiger partial charge in [0.05, 0.1) is 22.7 Å². The number of nitriles is 1. The zero-order chi connectivity index (χ0) is 17.1. The number of thiophene rings is 1. The summed E-state index contributed by atoms with van der Waals surface area (Å²) in [5.41, 5.74) is 1.71. The molecule has 1 aliphatic carbocycles. The highest BCUT2D eigenvalue weighted by Crippen LogP contribution is 2.38. The molecule has 0 radical (unpaired) electrons. The summed E-state index contributed by atoms with van der Waals surface area (Å²) in [5, 5.41) is 9.07. The summed E-state index contributed by atoms with van der Waals surface area (Å²) in [4.78, 5) is 14.4. The van der Waals surface area contributed by atoms with Crippen molar-refractivity contribution < 1.29 is 14.3 Å². The Hall–Kier alpha value is -1.84. The van der Waals surface area contributed by atoms with Crippen molar-refractivity contribution in [2.24, 2.45) is 0 Å². The number of halogens is 1. The molecule has 0 bridgehead atoms. The van der Waals surface area contributed by atoms with Crippen molar-refractivity contribution in [3.05, 3.63) is 43.6 Å². The van der Waals surface area contributed by atoms with Crippen molar-refractivity contribution in [3.63, 3.8) is 0 Å². The van der Waals surface area contributed by atoms with E-state index in [1.807, 2.05) is 13.0 Å². The SMILES string of the molecule is CCOc1cc(C#N)cc(Br)c1OC(=O)c1cc2c(s1)CCCC2. The molecular weight excluding hydrogens is 390 g/mol. The van der Waals surface area contributed by atoms with Crippen LogP contribution in [0.25, 0.3) is 0 Å². The van der Waals surface area contributed by atoms with Gasteiger partial charge in [-0.25, -0.2) is 4.79 Å². The lowest BCUT2D eigenvalue weighted by atomic mass is 9.99. The van der Waals surface area contributed by atoms with Gasteiger partial charge in [-0.2, -0.15) is 5.26 Å². The van der Waals surface area contributed by atoms with Crippen LogP contribution in [-0.2, 0) is 12.8 Å². The van der Waals surface area contributed by atoms with E-state index >= 15 is 0 Å². The molecule has 0 atom stereocenters. The fraction of sp³-hybridized carbons (Fsp3) is 0.333. The molecule has 0 aliphatic heterocycles. The first-order valence-electron chi connectivity index (χ1n) is 7.82. The highest BCUT2D eigenvalue weighted by molar-refractivity contribution is 9.10. The lowest BCUT2D eigenvalue weighted by molar-refractivity contribution is 0.0732. The summed E-state index contributed by atoms with van der Waals surface area (Å²) in [7, 11) is 0. The van der Waals surface area contributed by atoms with Crippen LogP contribution in [0.3, 0.4) is 0 Å². The molecule has 1 aromatic heterocycles. The largest absolute Gasteiger partial charge is 0.490 e. The Bertz CT molecular complexity index is 799. The number of nitrogens with zero attached hydrogens (tertiary/aromatic N) is 1.